The summed E-state index contributed by atoms with van der Waals surface area (Å²) >= 11 is 6.40. The minimum atomic E-state index is -0.585. The van der Waals surface area contributed by atoms with Gasteiger partial charge in [-0.3, -0.25) is 4.98 Å². The number of hydrogen-bond acceptors (Lipinski definition) is 7. The average molecular weight is 491 g/mol. The molecule has 4 aromatic rings. The number of alkyl carbamates (subject to hydrolysis) is 1. The first-order valence-corrected chi connectivity index (χ1v) is 11.7. The van der Waals surface area contributed by atoms with E-state index in [1.165, 1.54) is 0 Å². The number of halogens is 1. The second-order valence-corrected chi connectivity index (χ2v) is 9.40. The van der Waals surface area contributed by atoms with Crippen LogP contribution in [-0.4, -0.2) is 44.2 Å². The van der Waals surface area contributed by atoms with Crippen LogP contribution in [0.15, 0.2) is 67.1 Å². The van der Waals surface area contributed by atoms with Gasteiger partial charge in [0, 0.05) is 42.1 Å². The van der Waals surface area contributed by atoms with E-state index in [1.54, 1.807) is 18.6 Å². The van der Waals surface area contributed by atoms with Gasteiger partial charge in [0.25, 0.3) is 0 Å². The highest BCUT2D eigenvalue weighted by Gasteiger charge is 2.20. The Balaban J connectivity index is 1.68. The van der Waals surface area contributed by atoms with Crippen LogP contribution in [0.1, 0.15) is 26.3 Å². The third-order valence-corrected chi connectivity index (χ3v) is 5.34. The number of hydrogen-bond donors (Lipinski definition) is 2. The van der Waals surface area contributed by atoms with Gasteiger partial charge in [0.05, 0.1) is 0 Å². The Bertz CT molecular complexity index is 1300. The Kier molecular flexibility index (Phi) is 7.41. The SMILES string of the molecule is CC(C)(C)OC(=O)NC[C@@H](Cc1ccccc1)Nc1nc(-c2ccncc2)nc2c(Cl)nccc12. The van der Waals surface area contributed by atoms with Gasteiger partial charge in [-0.2, -0.15) is 0 Å². The summed E-state index contributed by atoms with van der Waals surface area (Å²) < 4.78 is 5.42. The Morgan fingerprint density at radius 3 is 2.49 bits per heavy atom. The summed E-state index contributed by atoms with van der Waals surface area (Å²) in [6.07, 6.45) is 5.16. The van der Waals surface area contributed by atoms with Crippen molar-refractivity contribution in [2.45, 2.75) is 38.8 Å². The summed E-state index contributed by atoms with van der Waals surface area (Å²) in [5, 5.41) is 7.40. The number of nitrogens with zero attached hydrogens (tertiary/aromatic N) is 4. The minimum absolute atomic E-state index is 0.194. The molecule has 0 aliphatic heterocycles. The van der Waals surface area contributed by atoms with E-state index >= 15 is 0 Å². The number of carbonyl (C=O) groups excluding carboxylic acids is 1. The molecule has 0 fully saturated rings. The molecular formula is C26H27ClN6O2. The maximum atomic E-state index is 12.3. The van der Waals surface area contributed by atoms with Crippen LogP contribution in [0.4, 0.5) is 10.6 Å². The van der Waals surface area contributed by atoms with Crippen LogP contribution in [0.5, 0.6) is 0 Å². The molecule has 0 aliphatic carbocycles. The fraction of sp³-hybridized carbons (Fsp3) is 0.269. The number of carbonyl (C=O) groups is 1. The topological polar surface area (TPSA) is 102 Å². The number of rotatable bonds is 7. The zero-order chi connectivity index (χ0) is 24.8. The van der Waals surface area contributed by atoms with Gasteiger partial charge in [0.1, 0.15) is 16.9 Å². The van der Waals surface area contributed by atoms with Crippen molar-refractivity contribution < 1.29 is 9.53 Å². The number of anilines is 1. The van der Waals surface area contributed by atoms with Crippen LogP contribution in [-0.2, 0) is 11.2 Å². The summed E-state index contributed by atoms with van der Waals surface area (Å²) in [6, 6.07) is 15.3. The number of pyridine rings is 2. The zero-order valence-electron chi connectivity index (χ0n) is 19.8. The summed E-state index contributed by atoms with van der Waals surface area (Å²) in [7, 11) is 0. The summed E-state index contributed by atoms with van der Waals surface area (Å²) in [6.45, 7) is 5.81. The van der Waals surface area contributed by atoms with E-state index in [-0.39, 0.29) is 11.2 Å². The van der Waals surface area contributed by atoms with E-state index in [1.807, 2.05) is 69.3 Å². The van der Waals surface area contributed by atoms with E-state index in [2.05, 4.69) is 25.6 Å². The number of ether oxygens (including phenoxy) is 1. The molecule has 180 valence electrons. The Labute approximate surface area is 209 Å². The fourth-order valence-corrected chi connectivity index (χ4v) is 3.75. The smallest absolute Gasteiger partial charge is 0.407 e. The molecule has 8 nitrogen and oxygen atoms in total. The Morgan fingerprint density at radius 1 is 1.03 bits per heavy atom. The Hall–Kier alpha value is -3.78. The molecule has 3 aromatic heterocycles. The normalized spacial score (nSPS) is 12.2. The van der Waals surface area contributed by atoms with Crippen molar-refractivity contribution >= 4 is 34.4 Å². The van der Waals surface area contributed by atoms with Crippen LogP contribution in [0.3, 0.4) is 0 Å². The second kappa shape index (κ2) is 10.7. The first-order valence-electron chi connectivity index (χ1n) is 11.3. The highest BCUT2D eigenvalue weighted by molar-refractivity contribution is 6.34. The average Bonchev–Trinajstić information content (AvgIpc) is 2.83. The van der Waals surface area contributed by atoms with Crippen LogP contribution < -0.4 is 10.6 Å². The third-order valence-electron chi connectivity index (χ3n) is 5.07. The molecule has 1 amide bonds. The number of nitrogens with one attached hydrogen (secondary N) is 2. The molecule has 2 N–H and O–H groups in total. The van der Waals surface area contributed by atoms with Crippen molar-refractivity contribution in [1.82, 2.24) is 25.3 Å². The number of amides is 1. The zero-order valence-corrected chi connectivity index (χ0v) is 20.6. The van der Waals surface area contributed by atoms with E-state index in [4.69, 9.17) is 21.3 Å². The first-order chi connectivity index (χ1) is 16.8. The quantitative estimate of drug-likeness (QED) is 0.339. The van der Waals surface area contributed by atoms with Crippen molar-refractivity contribution in [2.24, 2.45) is 0 Å². The molecule has 1 atom stereocenters. The van der Waals surface area contributed by atoms with Crippen LogP contribution in [0.2, 0.25) is 5.15 Å². The summed E-state index contributed by atoms with van der Waals surface area (Å²) in [5.74, 6) is 1.09. The van der Waals surface area contributed by atoms with Crippen LogP contribution >= 0.6 is 11.6 Å². The lowest BCUT2D eigenvalue weighted by Gasteiger charge is -2.24. The maximum Gasteiger partial charge on any atom is 0.407 e. The largest absolute Gasteiger partial charge is 0.444 e. The fourth-order valence-electron chi connectivity index (χ4n) is 3.55. The molecule has 1 aromatic carbocycles. The predicted molar refractivity (Wildman–Crippen MR) is 137 cm³/mol. The monoisotopic (exact) mass is 490 g/mol. The highest BCUT2D eigenvalue weighted by atomic mass is 35.5. The molecule has 0 saturated heterocycles. The molecule has 0 saturated carbocycles. The van der Waals surface area contributed by atoms with E-state index < -0.39 is 11.7 Å². The lowest BCUT2D eigenvalue weighted by Crippen LogP contribution is -2.40. The lowest BCUT2D eigenvalue weighted by molar-refractivity contribution is 0.0525. The van der Waals surface area contributed by atoms with E-state index in [9.17, 15) is 4.79 Å². The van der Waals surface area contributed by atoms with Gasteiger partial charge < -0.3 is 15.4 Å². The van der Waals surface area contributed by atoms with Crippen molar-refractivity contribution in [3.8, 4) is 11.4 Å². The standard InChI is InChI=1S/C26H27ClN6O2/c1-26(2,3)35-25(34)30-16-19(15-17-7-5-4-6-8-17)31-24-20-11-14-29-22(27)21(20)32-23(33-24)18-9-12-28-13-10-18/h4-14,19H,15-16H2,1-3H3,(H,30,34)(H,31,32,33)/t19-/m1/s1. The molecule has 0 radical (unpaired) electrons. The van der Waals surface area contributed by atoms with Crippen molar-refractivity contribution in [2.75, 3.05) is 11.9 Å². The van der Waals surface area contributed by atoms with Gasteiger partial charge in [0.2, 0.25) is 0 Å². The summed E-state index contributed by atoms with van der Waals surface area (Å²) in [5.41, 5.74) is 1.87. The Morgan fingerprint density at radius 2 is 1.77 bits per heavy atom. The van der Waals surface area contributed by atoms with Gasteiger partial charge >= 0.3 is 6.09 Å². The molecule has 3 heterocycles. The predicted octanol–water partition coefficient (Wildman–Crippen LogP) is 5.29. The number of aromatic nitrogens is 4. The molecule has 9 heteroatoms. The van der Waals surface area contributed by atoms with Gasteiger partial charge in [-0.15, -0.1) is 0 Å². The molecular weight excluding hydrogens is 464 g/mol. The van der Waals surface area contributed by atoms with E-state index in [0.717, 1.165) is 16.5 Å². The van der Waals surface area contributed by atoms with Crippen molar-refractivity contribution in [3.63, 3.8) is 0 Å². The van der Waals surface area contributed by atoms with E-state index in [0.29, 0.717) is 30.1 Å². The van der Waals surface area contributed by atoms with Crippen molar-refractivity contribution in [1.29, 1.82) is 0 Å². The minimum Gasteiger partial charge on any atom is -0.444 e. The number of fused-ring (bicyclic) bond motifs is 1. The number of benzene rings is 1. The maximum absolute atomic E-state index is 12.3. The van der Waals surface area contributed by atoms with Crippen LogP contribution in [0, 0.1) is 0 Å². The highest BCUT2D eigenvalue weighted by Crippen LogP contribution is 2.28. The third kappa shape index (κ3) is 6.64. The van der Waals surface area contributed by atoms with Gasteiger partial charge in [-0.25, -0.2) is 19.7 Å². The van der Waals surface area contributed by atoms with Gasteiger partial charge in [0.15, 0.2) is 11.0 Å². The molecule has 4 rings (SSSR count). The molecule has 0 spiro atoms. The first kappa shape index (κ1) is 24.3. The van der Waals surface area contributed by atoms with Gasteiger partial charge in [-0.05, 0) is 51.0 Å². The second-order valence-electron chi connectivity index (χ2n) is 9.04. The molecule has 0 unspecified atom stereocenters. The molecule has 0 aliphatic rings. The summed E-state index contributed by atoms with van der Waals surface area (Å²) in [4.78, 5) is 30.1. The molecule has 0 bridgehead atoms. The van der Waals surface area contributed by atoms with Crippen LogP contribution in [0.25, 0.3) is 22.3 Å². The lowest BCUT2D eigenvalue weighted by atomic mass is 10.1. The van der Waals surface area contributed by atoms with Gasteiger partial charge in [-0.1, -0.05) is 41.9 Å². The molecule has 35 heavy (non-hydrogen) atoms. The van der Waals surface area contributed by atoms with Crippen molar-refractivity contribution in [3.05, 3.63) is 77.8 Å².